The van der Waals surface area contributed by atoms with Gasteiger partial charge in [0.25, 0.3) is 0 Å². The minimum absolute atomic E-state index is 0.0261. The molecular formula is C9H12ClN3O3S. The van der Waals surface area contributed by atoms with Crippen molar-refractivity contribution in [1.82, 2.24) is 15.0 Å². The Morgan fingerprint density at radius 1 is 1.53 bits per heavy atom. The number of aromatic nitrogens is 1. The van der Waals surface area contributed by atoms with Crippen LogP contribution in [0.4, 0.5) is 0 Å². The van der Waals surface area contributed by atoms with Gasteiger partial charge in [0.2, 0.25) is 15.9 Å². The number of likely N-dealkylation sites (N-methyl/N-ethyl adjacent to an activating group) is 1. The Bertz CT molecular complexity index is 504. The number of hydrogen-bond acceptors (Lipinski definition) is 4. The van der Waals surface area contributed by atoms with Crippen LogP contribution in [0.5, 0.6) is 0 Å². The van der Waals surface area contributed by atoms with Crippen LogP contribution in [0.2, 0.25) is 5.15 Å². The maximum atomic E-state index is 11.7. The number of pyridine rings is 1. The van der Waals surface area contributed by atoms with Crippen molar-refractivity contribution in [3.63, 3.8) is 0 Å². The molecule has 1 amide bonds. The number of halogens is 1. The smallest absolute Gasteiger partial charge is 0.241 e. The lowest BCUT2D eigenvalue weighted by Gasteiger charge is -2.06. The fraction of sp³-hybridized carbons (Fsp3) is 0.333. The van der Waals surface area contributed by atoms with E-state index in [-0.39, 0.29) is 16.6 Å². The molecule has 1 heterocycles. The van der Waals surface area contributed by atoms with E-state index in [0.29, 0.717) is 6.54 Å². The number of nitrogens with one attached hydrogen (secondary N) is 2. The Morgan fingerprint density at radius 3 is 2.82 bits per heavy atom. The summed E-state index contributed by atoms with van der Waals surface area (Å²) in [7, 11) is -3.73. The lowest BCUT2D eigenvalue weighted by molar-refractivity contribution is -0.119. The van der Waals surface area contributed by atoms with Crippen LogP contribution in [0.1, 0.15) is 6.92 Å². The quantitative estimate of drug-likeness (QED) is 0.750. The number of hydrogen-bond donors (Lipinski definition) is 2. The molecule has 6 nitrogen and oxygen atoms in total. The zero-order chi connectivity index (χ0) is 12.9. The molecule has 0 aliphatic heterocycles. The maximum Gasteiger partial charge on any atom is 0.241 e. The van der Waals surface area contributed by atoms with E-state index in [1.165, 1.54) is 18.3 Å². The van der Waals surface area contributed by atoms with Crippen molar-refractivity contribution in [3.05, 3.63) is 23.5 Å². The highest BCUT2D eigenvalue weighted by molar-refractivity contribution is 7.89. The van der Waals surface area contributed by atoms with Crippen LogP contribution in [0.15, 0.2) is 23.2 Å². The van der Waals surface area contributed by atoms with Crippen LogP contribution >= 0.6 is 11.6 Å². The van der Waals surface area contributed by atoms with Crippen molar-refractivity contribution >= 4 is 27.5 Å². The average molecular weight is 278 g/mol. The molecule has 0 aliphatic carbocycles. The van der Waals surface area contributed by atoms with Crippen LogP contribution < -0.4 is 10.0 Å². The van der Waals surface area contributed by atoms with E-state index in [2.05, 4.69) is 15.0 Å². The molecule has 1 aromatic rings. The Kier molecular flexibility index (Phi) is 4.86. The number of rotatable bonds is 5. The summed E-state index contributed by atoms with van der Waals surface area (Å²) in [6, 6.07) is 2.51. The summed E-state index contributed by atoms with van der Waals surface area (Å²) in [6.07, 6.45) is 1.28. The lowest BCUT2D eigenvalue weighted by Crippen LogP contribution is -2.36. The molecule has 0 radical (unpaired) electrons. The zero-order valence-electron chi connectivity index (χ0n) is 9.10. The Balaban J connectivity index is 2.73. The van der Waals surface area contributed by atoms with Crippen molar-refractivity contribution in [3.8, 4) is 0 Å². The number of nitrogens with zero attached hydrogens (tertiary/aromatic N) is 1. The molecule has 0 bridgehead atoms. The van der Waals surface area contributed by atoms with Crippen molar-refractivity contribution < 1.29 is 13.2 Å². The van der Waals surface area contributed by atoms with Crippen molar-refractivity contribution in [2.45, 2.75) is 11.8 Å². The molecule has 0 spiro atoms. The summed E-state index contributed by atoms with van der Waals surface area (Å²) in [5, 5.41) is 2.55. The van der Waals surface area contributed by atoms with Crippen LogP contribution in [-0.2, 0) is 14.8 Å². The molecule has 17 heavy (non-hydrogen) atoms. The molecule has 0 fully saturated rings. The number of carbonyl (C=O) groups excluding carboxylic acids is 1. The predicted octanol–water partition coefficient (Wildman–Crippen LogP) is 0.149. The Labute approximate surface area is 104 Å². The van der Waals surface area contributed by atoms with E-state index in [9.17, 15) is 13.2 Å². The molecule has 0 atom stereocenters. The first-order valence-electron chi connectivity index (χ1n) is 4.83. The van der Waals surface area contributed by atoms with Gasteiger partial charge in [0.1, 0.15) is 5.15 Å². The van der Waals surface area contributed by atoms with Gasteiger partial charge in [-0.3, -0.25) is 4.79 Å². The molecule has 0 aliphatic rings. The first-order chi connectivity index (χ1) is 7.95. The Hall–Kier alpha value is -1.18. The normalized spacial score (nSPS) is 11.2. The zero-order valence-corrected chi connectivity index (χ0v) is 10.7. The molecule has 8 heteroatoms. The van der Waals surface area contributed by atoms with Gasteiger partial charge in [-0.2, -0.15) is 0 Å². The first-order valence-corrected chi connectivity index (χ1v) is 6.69. The SMILES string of the molecule is CCNC(=O)CNS(=O)(=O)c1ccnc(Cl)c1. The largest absolute Gasteiger partial charge is 0.355 e. The number of carbonyl (C=O) groups is 1. The van der Waals surface area contributed by atoms with Gasteiger partial charge in [0, 0.05) is 12.7 Å². The second kappa shape index (κ2) is 5.95. The van der Waals surface area contributed by atoms with E-state index in [0.717, 1.165) is 0 Å². The highest BCUT2D eigenvalue weighted by atomic mass is 35.5. The molecule has 2 N–H and O–H groups in total. The van der Waals surface area contributed by atoms with E-state index in [1.54, 1.807) is 6.92 Å². The van der Waals surface area contributed by atoms with Crippen molar-refractivity contribution in [2.75, 3.05) is 13.1 Å². The van der Waals surface area contributed by atoms with E-state index >= 15 is 0 Å². The molecule has 0 saturated carbocycles. The van der Waals surface area contributed by atoms with Gasteiger partial charge in [-0.15, -0.1) is 0 Å². The molecule has 0 saturated heterocycles. The van der Waals surface area contributed by atoms with Crippen LogP contribution in [0, 0.1) is 0 Å². The van der Waals surface area contributed by atoms with Gasteiger partial charge in [-0.1, -0.05) is 11.6 Å². The molecule has 0 unspecified atom stereocenters. The molecule has 1 rings (SSSR count). The summed E-state index contributed by atoms with van der Waals surface area (Å²) < 4.78 is 25.6. The third-order valence-electron chi connectivity index (χ3n) is 1.81. The van der Waals surface area contributed by atoms with Gasteiger partial charge in [-0.25, -0.2) is 18.1 Å². The van der Waals surface area contributed by atoms with E-state index < -0.39 is 15.9 Å². The molecular weight excluding hydrogens is 266 g/mol. The van der Waals surface area contributed by atoms with Crippen molar-refractivity contribution in [1.29, 1.82) is 0 Å². The van der Waals surface area contributed by atoms with Gasteiger partial charge in [0.05, 0.1) is 11.4 Å². The van der Waals surface area contributed by atoms with Gasteiger partial charge in [-0.05, 0) is 19.1 Å². The Morgan fingerprint density at radius 2 is 2.24 bits per heavy atom. The average Bonchev–Trinajstić information content (AvgIpc) is 2.27. The summed E-state index contributed by atoms with van der Waals surface area (Å²) in [5.74, 6) is -0.392. The second-order valence-electron chi connectivity index (χ2n) is 3.09. The van der Waals surface area contributed by atoms with E-state index in [1.807, 2.05) is 0 Å². The summed E-state index contributed by atoms with van der Waals surface area (Å²) >= 11 is 5.58. The summed E-state index contributed by atoms with van der Waals surface area (Å²) in [5.41, 5.74) is 0. The monoisotopic (exact) mass is 277 g/mol. The van der Waals surface area contributed by atoms with Gasteiger partial charge < -0.3 is 5.32 Å². The second-order valence-corrected chi connectivity index (χ2v) is 5.25. The minimum Gasteiger partial charge on any atom is -0.355 e. The molecule has 0 aromatic carbocycles. The highest BCUT2D eigenvalue weighted by Crippen LogP contribution is 2.12. The van der Waals surface area contributed by atoms with E-state index in [4.69, 9.17) is 11.6 Å². The predicted molar refractivity (Wildman–Crippen MR) is 63.1 cm³/mol. The topological polar surface area (TPSA) is 88.2 Å². The van der Waals surface area contributed by atoms with Crippen LogP contribution in [0.25, 0.3) is 0 Å². The minimum atomic E-state index is -3.73. The first kappa shape index (κ1) is 13.9. The summed E-state index contributed by atoms with van der Waals surface area (Å²) in [4.78, 5) is 14.8. The summed E-state index contributed by atoms with van der Waals surface area (Å²) in [6.45, 7) is 1.88. The fourth-order valence-corrected chi connectivity index (χ4v) is 2.29. The molecule has 1 aromatic heterocycles. The van der Waals surface area contributed by atoms with Crippen molar-refractivity contribution in [2.24, 2.45) is 0 Å². The van der Waals surface area contributed by atoms with Crippen LogP contribution in [0.3, 0.4) is 0 Å². The lowest BCUT2D eigenvalue weighted by atomic mass is 10.5. The molecule has 94 valence electrons. The fourth-order valence-electron chi connectivity index (χ4n) is 1.06. The number of sulfonamides is 1. The standard InChI is InChI=1S/C9H12ClN3O3S/c1-2-11-9(14)6-13-17(15,16)7-3-4-12-8(10)5-7/h3-5,13H,2,6H2,1H3,(H,11,14). The van der Waals surface area contributed by atoms with Gasteiger partial charge in [0.15, 0.2) is 0 Å². The third kappa shape index (κ3) is 4.29. The number of amides is 1. The third-order valence-corrected chi connectivity index (χ3v) is 3.41. The highest BCUT2D eigenvalue weighted by Gasteiger charge is 2.15. The maximum absolute atomic E-state index is 11.7. The van der Waals surface area contributed by atoms with Gasteiger partial charge >= 0.3 is 0 Å². The van der Waals surface area contributed by atoms with Crippen LogP contribution in [-0.4, -0.2) is 32.4 Å².